The van der Waals surface area contributed by atoms with Gasteiger partial charge in [0.05, 0.1) is 0 Å². The fourth-order valence-electron chi connectivity index (χ4n) is 4.53. The summed E-state index contributed by atoms with van der Waals surface area (Å²) in [4.78, 5) is 8.21. The number of nitrogens with zero attached hydrogens (tertiary/aromatic N) is 3. The van der Waals surface area contributed by atoms with E-state index in [0.717, 1.165) is 24.0 Å². The second kappa shape index (κ2) is 6.33. The van der Waals surface area contributed by atoms with E-state index >= 15 is 0 Å². The Bertz CT molecular complexity index is 295. The molecule has 3 rings (SSSR count). The summed E-state index contributed by atoms with van der Waals surface area (Å²) >= 11 is 0. The third-order valence-corrected chi connectivity index (χ3v) is 6.02. The summed E-state index contributed by atoms with van der Waals surface area (Å²) in [6.45, 7) is 15.0. The van der Waals surface area contributed by atoms with Crippen molar-refractivity contribution in [2.75, 3.05) is 39.3 Å². The summed E-state index contributed by atoms with van der Waals surface area (Å²) in [5.74, 6) is 0.964. The molecule has 0 saturated carbocycles. The van der Waals surface area contributed by atoms with Gasteiger partial charge < -0.3 is 4.90 Å². The van der Waals surface area contributed by atoms with Crippen molar-refractivity contribution in [1.29, 1.82) is 0 Å². The minimum Gasteiger partial charge on any atom is -0.304 e. The standard InChI is InChI=1S/C17H33N3/c1-4-18-9-7-15(8-10-18)11-20-16-5-6-17(20)13-19(12-16)14(2)3/h14-17H,4-13H2,1-3H3. The van der Waals surface area contributed by atoms with Gasteiger partial charge in [-0.15, -0.1) is 0 Å². The smallest absolute Gasteiger partial charge is 0.0227 e. The van der Waals surface area contributed by atoms with E-state index in [1.165, 1.54) is 65.0 Å². The predicted octanol–water partition coefficient (Wildman–Crippen LogP) is 2.28. The van der Waals surface area contributed by atoms with E-state index in [-0.39, 0.29) is 0 Å². The molecule has 0 aromatic carbocycles. The van der Waals surface area contributed by atoms with Gasteiger partial charge in [-0.05, 0) is 65.1 Å². The molecule has 0 aliphatic carbocycles. The lowest BCUT2D eigenvalue weighted by Gasteiger charge is -2.45. The molecule has 0 aromatic rings. The normalized spacial score (nSPS) is 34.2. The zero-order chi connectivity index (χ0) is 14.1. The average Bonchev–Trinajstić information content (AvgIpc) is 2.70. The Kier molecular flexibility index (Phi) is 4.68. The second-order valence-corrected chi connectivity index (χ2v) is 7.51. The first kappa shape index (κ1) is 14.8. The van der Waals surface area contributed by atoms with Crippen LogP contribution in [0, 0.1) is 5.92 Å². The highest BCUT2D eigenvalue weighted by Crippen LogP contribution is 2.33. The van der Waals surface area contributed by atoms with Crippen molar-refractivity contribution in [2.24, 2.45) is 5.92 Å². The van der Waals surface area contributed by atoms with E-state index in [9.17, 15) is 0 Å². The summed E-state index contributed by atoms with van der Waals surface area (Å²) in [6.07, 6.45) is 5.75. The Morgan fingerprint density at radius 2 is 1.55 bits per heavy atom. The number of hydrogen-bond acceptors (Lipinski definition) is 3. The minimum atomic E-state index is 0.730. The molecule has 0 radical (unpaired) electrons. The van der Waals surface area contributed by atoms with E-state index in [1.807, 2.05) is 0 Å². The molecule has 0 N–H and O–H groups in total. The van der Waals surface area contributed by atoms with E-state index < -0.39 is 0 Å². The number of fused-ring (bicyclic) bond motifs is 2. The Morgan fingerprint density at radius 3 is 2.05 bits per heavy atom. The van der Waals surface area contributed by atoms with Crippen LogP contribution in [0.5, 0.6) is 0 Å². The predicted molar refractivity (Wildman–Crippen MR) is 85.1 cm³/mol. The second-order valence-electron chi connectivity index (χ2n) is 7.51. The van der Waals surface area contributed by atoms with Gasteiger partial charge in [-0.3, -0.25) is 9.80 Å². The van der Waals surface area contributed by atoms with Gasteiger partial charge in [-0.25, -0.2) is 0 Å². The zero-order valence-electron chi connectivity index (χ0n) is 13.7. The highest BCUT2D eigenvalue weighted by Gasteiger charge is 2.41. The van der Waals surface area contributed by atoms with Crippen LogP contribution in [0.25, 0.3) is 0 Å². The highest BCUT2D eigenvalue weighted by atomic mass is 15.3. The summed E-state index contributed by atoms with van der Waals surface area (Å²) < 4.78 is 0. The molecule has 3 saturated heterocycles. The van der Waals surface area contributed by atoms with Crippen LogP contribution in [0.3, 0.4) is 0 Å². The van der Waals surface area contributed by atoms with E-state index in [2.05, 4.69) is 35.5 Å². The van der Waals surface area contributed by atoms with Crippen LogP contribution in [-0.2, 0) is 0 Å². The number of hydrogen-bond donors (Lipinski definition) is 0. The fraction of sp³-hybridized carbons (Fsp3) is 1.00. The third-order valence-electron chi connectivity index (χ3n) is 6.02. The molecule has 2 bridgehead atoms. The number of likely N-dealkylation sites (tertiary alicyclic amines) is 2. The third kappa shape index (κ3) is 3.05. The van der Waals surface area contributed by atoms with Crippen molar-refractivity contribution in [3.8, 4) is 0 Å². The lowest BCUT2D eigenvalue weighted by atomic mass is 9.95. The first-order valence-corrected chi connectivity index (χ1v) is 8.89. The molecule has 2 unspecified atom stereocenters. The first-order chi connectivity index (χ1) is 9.67. The molecule has 3 aliphatic rings. The van der Waals surface area contributed by atoms with Gasteiger partial charge in [0.2, 0.25) is 0 Å². The first-order valence-electron chi connectivity index (χ1n) is 8.89. The average molecular weight is 279 g/mol. The van der Waals surface area contributed by atoms with Crippen LogP contribution < -0.4 is 0 Å². The molecule has 3 fully saturated rings. The van der Waals surface area contributed by atoms with Crippen molar-refractivity contribution in [3.05, 3.63) is 0 Å². The maximum absolute atomic E-state index is 2.89. The van der Waals surface area contributed by atoms with E-state index in [4.69, 9.17) is 0 Å². The van der Waals surface area contributed by atoms with Crippen LogP contribution in [0.1, 0.15) is 46.5 Å². The molecule has 0 aromatic heterocycles. The minimum absolute atomic E-state index is 0.730. The number of piperazine rings is 1. The van der Waals surface area contributed by atoms with E-state index in [0.29, 0.717) is 0 Å². The van der Waals surface area contributed by atoms with Crippen molar-refractivity contribution in [1.82, 2.24) is 14.7 Å². The van der Waals surface area contributed by atoms with Crippen LogP contribution >= 0.6 is 0 Å². The monoisotopic (exact) mass is 279 g/mol. The molecule has 2 atom stereocenters. The van der Waals surface area contributed by atoms with Crippen molar-refractivity contribution in [3.63, 3.8) is 0 Å². The summed E-state index contributed by atoms with van der Waals surface area (Å²) in [5.41, 5.74) is 0. The van der Waals surface area contributed by atoms with Gasteiger partial charge in [0.1, 0.15) is 0 Å². The maximum atomic E-state index is 2.89. The SMILES string of the molecule is CCN1CCC(CN2C3CCC2CN(C(C)C)C3)CC1. The van der Waals surface area contributed by atoms with Gasteiger partial charge in [-0.1, -0.05) is 6.92 Å². The fourth-order valence-corrected chi connectivity index (χ4v) is 4.53. The van der Waals surface area contributed by atoms with Crippen molar-refractivity contribution < 1.29 is 0 Å². The molecule has 20 heavy (non-hydrogen) atoms. The number of piperidine rings is 1. The van der Waals surface area contributed by atoms with Gasteiger partial charge in [0.25, 0.3) is 0 Å². The molecule has 0 spiro atoms. The molecule has 116 valence electrons. The van der Waals surface area contributed by atoms with E-state index in [1.54, 1.807) is 0 Å². The van der Waals surface area contributed by atoms with Crippen LogP contribution in [-0.4, -0.2) is 72.1 Å². The Balaban J connectivity index is 1.52. The lowest BCUT2D eigenvalue weighted by molar-refractivity contribution is 0.0300. The highest BCUT2D eigenvalue weighted by molar-refractivity contribution is 4.97. The lowest BCUT2D eigenvalue weighted by Crippen LogP contribution is -2.56. The molecule has 3 aliphatic heterocycles. The summed E-state index contributed by atoms with van der Waals surface area (Å²) in [5, 5.41) is 0. The summed E-state index contributed by atoms with van der Waals surface area (Å²) in [7, 11) is 0. The topological polar surface area (TPSA) is 9.72 Å². The van der Waals surface area contributed by atoms with Crippen LogP contribution in [0.2, 0.25) is 0 Å². The van der Waals surface area contributed by atoms with Gasteiger partial charge >= 0.3 is 0 Å². The van der Waals surface area contributed by atoms with Gasteiger partial charge in [0, 0.05) is 37.8 Å². The number of rotatable bonds is 4. The van der Waals surface area contributed by atoms with Gasteiger partial charge in [0.15, 0.2) is 0 Å². The molecule has 3 heteroatoms. The molecule has 3 heterocycles. The van der Waals surface area contributed by atoms with Crippen LogP contribution in [0.4, 0.5) is 0 Å². The summed E-state index contributed by atoms with van der Waals surface area (Å²) in [6, 6.07) is 2.45. The van der Waals surface area contributed by atoms with Crippen molar-refractivity contribution >= 4 is 0 Å². The van der Waals surface area contributed by atoms with Gasteiger partial charge in [-0.2, -0.15) is 0 Å². The van der Waals surface area contributed by atoms with Crippen LogP contribution in [0.15, 0.2) is 0 Å². The quantitative estimate of drug-likeness (QED) is 0.782. The molecule has 0 amide bonds. The zero-order valence-corrected chi connectivity index (χ0v) is 13.7. The largest absolute Gasteiger partial charge is 0.304 e. The Morgan fingerprint density at radius 1 is 0.950 bits per heavy atom. The molecular weight excluding hydrogens is 246 g/mol. The Labute approximate surface area is 125 Å². The molecular formula is C17H33N3. The maximum Gasteiger partial charge on any atom is 0.0227 e. The van der Waals surface area contributed by atoms with Crippen molar-refractivity contribution in [2.45, 2.75) is 64.6 Å². The Hall–Kier alpha value is -0.120. The molecule has 3 nitrogen and oxygen atoms in total.